The van der Waals surface area contributed by atoms with Gasteiger partial charge in [0.15, 0.2) is 5.69 Å². The number of aromatic nitrogens is 2. The van der Waals surface area contributed by atoms with E-state index in [1.165, 1.54) is 36.4 Å². The summed E-state index contributed by atoms with van der Waals surface area (Å²) >= 11 is 0. The maximum Gasteiger partial charge on any atom is 0.435 e. The number of carbonyl (C=O) groups excluding carboxylic acids is 3. The molecule has 45 heavy (non-hydrogen) atoms. The number of amides is 3. The van der Waals surface area contributed by atoms with Crippen molar-refractivity contribution in [3.63, 3.8) is 0 Å². The fourth-order valence-corrected chi connectivity index (χ4v) is 4.47. The molecule has 1 aliphatic rings. The van der Waals surface area contributed by atoms with Crippen LogP contribution in [-0.4, -0.2) is 57.5 Å². The van der Waals surface area contributed by atoms with Gasteiger partial charge in [0, 0.05) is 24.7 Å². The van der Waals surface area contributed by atoms with Crippen LogP contribution >= 0.6 is 0 Å². The molecule has 17 heteroatoms. The van der Waals surface area contributed by atoms with Crippen molar-refractivity contribution in [2.75, 3.05) is 13.1 Å². The maximum atomic E-state index is 13.7. The molecule has 0 unspecified atom stereocenters. The molecule has 0 bridgehead atoms. The van der Waals surface area contributed by atoms with Gasteiger partial charge in [0.2, 0.25) is 5.91 Å². The van der Waals surface area contributed by atoms with Gasteiger partial charge >= 0.3 is 12.4 Å². The minimum absolute atomic E-state index is 0.0634. The van der Waals surface area contributed by atoms with Crippen molar-refractivity contribution < 1.29 is 49.5 Å². The van der Waals surface area contributed by atoms with Crippen LogP contribution in [-0.2, 0) is 30.2 Å². The van der Waals surface area contributed by atoms with Gasteiger partial charge in [-0.25, -0.2) is 8.78 Å². The Kier molecular flexibility index (Phi) is 9.17. The monoisotopic (exact) mass is 642 g/mol. The standard InChI is InChI=1S/C28H22F8N6O3/c29-26(30)9-20(10-37)42(15-26)22(43)12-39-25(45)21-14-41(40-23(21)28(34,35)36)13-17-1-5-18(6-2-17)24(44)38-11-16-3-7-19(8-4-16)27(31,32)33/h1-8,14,20H,9,11-13,15H2,(H,38,44)(H,39,45)/t20-/m0/s1. The summed E-state index contributed by atoms with van der Waals surface area (Å²) in [5.41, 5.74) is -2.38. The second kappa shape index (κ2) is 12.5. The zero-order valence-corrected chi connectivity index (χ0v) is 22.8. The van der Waals surface area contributed by atoms with Crippen LogP contribution in [0.4, 0.5) is 35.1 Å². The maximum absolute atomic E-state index is 13.7. The Balaban J connectivity index is 1.38. The van der Waals surface area contributed by atoms with Gasteiger partial charge in [-0.1, -0.05) is 24.3 Å². The molecule has 0 aliphatic carbocycles. The third-order valence-corrected chi connectivity index (χ3v) is 6.71. The van der Waals surface area contributed by atoms with Crippen LogP contribution in [0.5, 0.6) is 0 Å². The number of hydrogen-bond donors (Lipinski definition) is 2. The van der Waals surface area contributed by atoms with E-state index >= 15 is 0 Å². The molecule has 2 aromatic carbocycles. The molecular weight excluding hydrogens is 620 g/mol. The Morgan fingerprint density at radius 2 is 1.53 bits per heavy atom. The molecule has 4 rings (SSSR count). The molecule has 3 amide bonds. The second-order valence-corrected chi connectivity index (χ2v) is 10.1. The van der Waals surface area contributed by atoms with Gasteiger partial charge in [-0.05, 0) is 35.4 Å². The number of likely N-dealkylation sites (tertiary alicyclic amines) is 1. The van der Waals surface area contributed by atoms with Crippen molar-refractivity contribution in [3.05, 3.63) is 88.2 Å². The number of hydrogen-bond acceptors (Lipinski definition) is 5. The summed E-state index contributed by atoms with van der Waals surface area (Å²) in [4.78, 5) is 37.9. The van der Waals surface area contributed by atoms with E-state index in [-0.39, 0.29) is 18.7 Å². The van der Waals surface area contributed by atoms with Crippen molar-refractivity contribution in [3.8, 4) is 6.07 Å². The molecule has 9 nitrogen and oxygen atoms in total. The van der Waals surface area contributed by atoms with Gasteiger partial charge in [-0.3, -0.25) is 19.1 Å². The van der Waals surface area contributed by atoms with E-state index in [9.17, 15) is 49.5 Å². The highest BCUT2D eigenvalue weighted by Gasteiger charge is 2.47. The number of nitriles is 1. The van der Waals surface area contributed by atoms with Crippen molar-refractivity contribution in [1.29, 1.82) is 5.26 Å². The van der Waals surface area contributed by atoms with E-state index in [1.807, 2.05) is 5.32 Å². The molecule has 1 aliphatic heterocycles. The summed E-state index contributed by atoms with van der Waals surface area (Å²) in [6.07, 6.45) is -9.68. The van der Waals surface area contributed by atoms with E-state index in [1.54, 1.807) is 6.07 Å². The summed E-state index contributed by atoms with van der Waals surface area (Å²) in [5, 5.41) is 16.9. The lowest BCUT2D eigenvalue weighted by atomic mass is 10.1. The Morgan fingerprint density at radius 1 is 0.911 bits per heavy atom. The zero-order chi connectivity index (χ0) is 33.2. The van der Waals surface area contributed by atoms with E-state index in [4.69, 9.17) is 5.26 Å². The van der Waals surface area contributed by atoms with Gasteiger partial charge in [-0.2, -0.15) is 36.7 Å². The van der Waals surface area contributed by atoms with Crippen molar-refractivity contribution in [1.82, 2.24) is 25.3 Å². The number of benzene rings is 2. The molecule has 2 heterocycles. The summed E-state index contributed by atoms with van der Waals surface area (Å²) in [6.45, 7) is -2.33. The topological polar surface area (TPSA) is 120 Å². The fraction of sp³-hybridized carbons (Fsp3) is 0.321. The third kappa shape index (κ3) is 8.13. The minimum atomic E-state index is -5.07. The Morgan fingerprint density at radius 3 is 2.11 bits per heavy atom. The number of halogens is 8. The molecule has 2 N–H and O–H groups in total. The van der Waals surface area contributed by atoms with Crippen LogP contribution in [0.25, 0.3) is 0 Å². The van der Waals surface area contributed by atoms with E-state index in [0.717, 1.165) is 23.0 Å². The summed E-state index contributed by atoms with van der Waals surface area (Å²) in [6, 6.07) is 9.86. The summed E-state index contributed by atoms with van der Waals surface area (Å²) in [7, 11) is 0. The molecule has 1 aromatic heterocycles. The van der Waals surface area contributed by atoms with Gasteiger partial charge in [0.25, 0.3) is 17.7 Å². The first-order valence-corrected chi connectivity index (χ1v) is 13.0. The van der Waals surface area contributed by atoms with Gasteiger partial charge in [0.05, 0.1) is 36.8 Å². The average molecular weight is 643 g/mol. The predicted molar refractivity (Wildman–Crippen MR) is 138 cm³/mol. The quantitative estimate of drug-likeness (QED) is 0.354. The van der Waals surface area contributed by atoms with E-state index in [2.05, 4.69) is 10.4 Å². The highest BCUT2D eigenvalue weighted by Crippen LogP contribution is 2.33. The Labute approximate surface area is 249 Å². The molecular formula is C28H22F8N6O3. The smallest absolute Gasteiger partial charge is 0.348 e. The summed E-state index contributed by atoms with van der Waals surface area (Å²) < 4.78 is 107. The van der Waals surface area contributed by atoms with Crippen LogP contribution in [0.3, 0.4) is 0 Å². The highest BCUT2D eigenvalue weighted by molar-refractivity contribution is 5.97. The molecule has 1 atom stereocenters. The minimum Gasteiger partial charge on any atom is -0.348 e. The van der Waals surface area contributed by atoms with E-state index < -0.39 is 78.4 Å². The first-order valence-electron chi connectivity index (χ1n) is 13.0. The molecule has 3 aromatic rings. The van der Waals surface area contributed by atoms with Crippen LogP contribution in [0.15, 0.2) is 54.7 Å². The molecule has 1 saturated heterocycles. The second-order valence-electron chi connectivity index (χ2n) is 10.1. The largest absolute Gasteiger partial charge is 0.435 e. The van der Waals surface area contributed by atoms with Crippen LogP contribution < -0.4 is 10.6 Å². The SMILES string of the molecule is N#C[C@@H]1CC(F)(F)CN1C(=O)CNC(=O)c1cn(Cc2ccc(C(=O)NCc3ccc(C(F)(F)F)cc3)cc2)nc1C(F)(F)F. The van der Waals surface area contributed by atoms with Gasteiger partial charge < -0.3 is 15.5 Å². The van der Waals surface area contributed by atoms with Gasteiger partial charge in [-0.15, -0.1) is 0 Å². The van der Waals surface area contributed by atoms with E-state index in [0.29, 0.717) is 16.0 Å². The van der Waals surface area contributed by atoms with Crippen LogP contribution in [0.2, 0.25) is 0 Å². The Bertz CT molecular complexity index is 1610. The van der Waals surface area contributed by atoms with Gasteiger partial charge in [0.1, 0.15) is 6.04 Å². The molecule has 0 spiro atoms. The number of carbonyl (C=O) groups is 3. The first-order chi connectivity index (χ1) is 21.0. The van der Waals surface area contributed by atoms with Crippen molar-refractivity contribution in [2.24, 2.45) is 0 Å². The lowest BCUT2D eigenvalue weighted by molar-refractivity contribution is -0.142. The number of nitrogens with one attached hydrogen (secondary N) is 2. The zero-order valence-electron chi connectivity index (χ0n) is 22.8. The number of alkyl halides is 8. The molecule has 238 valence electrons. The predicted octanol–water partition coefficient (Wildman–Crippen LogP) is 4.39. The third-order valence-electron chi connectivity index (χ3n) is 6.71. The lowest BCUT2D eigenvalue weighted by Gasteiger charge is -2.19. The normalized spacial score (nSPS) is 16.2. The molecule has 0 radical (unpaired) electrons. The lowest BCUT2D eigenvalue weighted by Crippen LogP contribution is -2.43. The Hall–Kier alpha value is -5.01. The fourth-order valence-electron chi connectivity index (χ4n) is 4.47. The van der Waals surface area contributed by atoms with Crippen LogP contribution in [0, 0.1) is 11.3 Å². The van der Waals surface area contributed by atoms with Crippen molar-refractivity contribution >= 4 is 17.7 Å². The number of nitrogens with zero attached hydrogens (tertiary/aromatic N) is 4. The van der Waals surface area contributed by atoms with Crippen LogP contribution in [0.1, 0.15) is 49.5 Å². The number of rotatable bonds is 8. The summed E-state index contributed by atoms with van der Waals surface area (Å²) in [5.74, 6) is -6.30. The van der Waals surface area contributed by atoms with Crippen molar-refractivity contribution in [2.45, 2.75) is 43.8 Å². The average Bonchev–Trinajstić information content (AvgIpc) is 3.55. The highest BCUT2D eigenvalue weighted by atomic mass is 19.4. The molecule has 0 saturated carbocycles. The first kappa shape index (κ1) is 32.9. The molecule has 1 fully saturated rings.